The van der Waals surface area contributed by atoms with E-state index < -0.39 is 0 Å². The van der Waals surface area contributed by atoms with E-state index >= 15 is 0 Å². The van der Waals surface area contributed by atoms with Crippen LogP contribution in [0.15, 0.2) is 0 Å². The van der Waals surface area contributed by atoms with Crippen LogP contribution in [-0.2, 0) is 83.7 Å². The zero-order valence-electron chi connectivity index (χ0n) is 6.70. The summed E-state index contributed by atoms with van der Waals surface area (Å²) in [6.07, 6.45) is 0. The third-order valence-corrected chi connectivity index (χ3v) is 0.943. The van der Waals surface area contributed by atoms with Crippen LogP contribution >= 0.6 is 0 Å². The molecule has 0 fully saturated rings. The van der Waals surface area contributed by atoms with E-state index in [2.05, 4.69) is 9.47 Å². The third kappa shape index (κ3) is 18.9. The van der Waals surface area contributed by atoms with Crippen LogP contribution in [0, 0.1) is 0 Å². The fourth-order valence-corrected chi connectivity index (χ4v) is 0.623. The number of ether oxygens (including phenoxy) is 2. The van der Waals surface area contributed by atoms with Gasteiger partial charge in [-0.25, -0.2) is 0 Å². The molecule has 0 bridgehead atoms. The third-order valence-electron chi connectivity index (χ3n) is 0.471. The molecular weight excluding hydrogens is 318 g/mol. The fraction of sp³-hybridized carbons (Fsp3) is 1.00. The predicted molar refractivity (Wildman–Crippen MR) is 31.7 cm³/mol. The van der Waals surface area contributed by atoms with Gasteiger partial charge in [-0.2, -0.15) is 0 Å². The summed E-state index contributed by atoms with van der Waals surface area (Å²) in [4.78, 5) is 0. The summed E-state index contributed by atoms with van der Waals surface area (Å²) in [5.41, 5.74) is 0. The molecule has 4 radical (unpaired) electrons. The van der Waals surface area contributed by atoms with E-state index in [-0.39, 0.29) is 89.0 Å². The Hall–Kier alpha value is 2.26. The van der Waals surface area contributed by atoms with E-state index in [0.29, 0.717) is 0 Å². The monoisotopic (exact) mass is 328 g/mol. The van der Waals surface area contributed by atoms with Gasteiger partial charge in [0.2, 0.25) is 0 Å². The van der Waals surface area contributed by atoms with Gasteiger partial charge in [0.05, 0.1) is 0 Å². The predicted octanol–water partition coefficient (Wildman–Crippen LogP) is -0.243. The van der Waals surface area contributed by atoms with Crippen LogP contribution in [0.25, 0.3) is 0 Å². The Balaban J connectivity index is -0.000000320. The zero-order chi connectivity index (χ0) is 6.95. The first-order valence-corrected chi connectivity index (χ1v) is 3.20. The molecule has 0 saturated heterocycles. The first kappa shape index (κ1) is 18.9. The van der Waals surface area contributed by atoms with Crippen molar-refractivity contribution < 1.29 is 83.7 Å². The van der Waals surface area contributed by atoms with Crippen LogP contribution in [0.2, 0.25) is 0 Å². The van der Waals surface area contributed by atoms with Gasteiger partial charge in [-0.05, 0) is 0 Å². The summed E-state index contributed by atoms with van der Waals surface area (Å²) in [6.45, 7) is 0.532. The van der Waals surface area contributed by atoms with Crippen molar-refractivity contribution in [2.45, 2.75) is 0 Å². The van der Waals surface area contributed by atoms with E-state index in [1.165, 1.54) is 0 Å². The van der Waals surface area contributed by atoms with Gasteiger partial charge in [0, 0.05) is 79.6 Å². The Morgan fingerprint density at radius 3 is 1.55 bits per heavy atom. The average Bonchev–Trinajstić information content (AvgIpc) is 1.89. The molecule has 0 saturated carbocycles. The standard InChI is InChI=1S/C4H10O4Si.2Y/c1-5-3-7-9-8-4-6-2;;/h3-4H2,1-2H3;;. The van der Waals surface area contributed by atoms with Gasteiger partial charge >= 0.3 is 10.0 Å². The SMILES string of the molecule is COCO[Si]OCOC.[Y].[Y]. The van der Waals surface area contributed by atoms with Crippen molar-refractivity contribution >= 4 is 10.0 Å². The molecule has 0 aromatic heterocycles. The van der Waals surface area contributed by atoms with Crippen molar-refractivity contribution in [1.29, 1.82) is 0 Å². The molecule has 0 aliphatic carbocycles. The smallest absolute Gasteiger partial charge is 0.369 e. The van der Waals surface area contributed by atoms with E-state index in [9.17, 15) is 0 Å². The maximum atomic E-state index is 4.79. The van der Waals surface area contributed by atoms with Gasteiger partial charge in [0.25, 0.3) is 0 Å². The Morgan fingerprint density at radius 2 is 1.27 bits per heavy atom. The van der Waals surface area contributed by atoms with Gasteiger partial charge in [-0.15, -0.1) is 0 Å². The second-order valence-electron chi connectivity index (χ2n) is 1.19. The van der Waals surface area contributed by atoms with Crippen molar-refractivity contribution in [3.63, 3.8) is 0 Å². The number of methoxy groups -OCH3 is 2. The van der Waals surface area contributed by atoms with Crippen molar-refractivity contribution in [3.8, 4) is 0 Å². The summed E-state index contributed by atoms with van der Waals surface area (Å²) < 4.78 is 18.7. The second kappa shape index (κ2) is 18.1. The minimum absolute atomic E-state index is 0. The largest absolute Gasteiger partial charge is 0.437 e. The molecule has 0 aliphatic rings. The summed E-state index contributed by atoms with van der Waals surface area (Å²) in [6, 6.07) is 0. The molecule has 0 aromatic rings. The van der Waals surface area contributed by atoms with Gasteiger partial charge in [-0.1, -0.05) is 0 Å². The molecule has 0 aromatic carbocycles. The molecule has 0 heterocycles. The van der Waals surface area contributed by atoms with Crippen LogP contribution in [0.3, 0.4) is 0 Å². The number of hydrogen-bond acceptors (Lipinski definition) is 4. The Kier molecular flexibility index (Phi) is 31.2. The van der Waals surface area contributed by atoms with Crippen LogP contribution in [0.1, 0.15) is 0 Å². The van der Waals surface area contributed by atoms with E-state index in [1.54, 1.807) is 14.2 Å². The quantitative estimate of drug-likeness (QED) is 0.383. The van der Waals surface area contributed by atoms with Gasteiger partial charge in [0.1, 0.15) is 13.6 Å². The first-order valence-electron chi connectivity index (χ1n) is 2.38. The van der Waals surface area contributed by atoms with Crippen LogP contribution in [0.5, 0.6) is 0 Å². The maximum Gasteiger partial charge on any atom is 0.437 e. The van der Waals surface area contributed by atoms with E-state index in [4.69, 9.17) is 8.85 Å². The first-order chi connectivity index (χ1) is 4.41. The molecule has 0 unspecified atom stereocenters. The fourth-order valence-electron chi connectivity index (χ4n) is 0.208. The Morgan fingerprint density at radius 1 is 0.909 bits per heavy atom. The molecule has 11 heavy (non-hydrogen) atoms. The summed E-state index contributed by atoms with van der Waals surface area (Å²) in [5, 5.41) is 0. The number of rotatable bonds is 6. The molecule has 0 N–H and O–H groups in total. The summed E-state index contributed by atoms with van der Waals surface area (Å²) in [7, 11) is 3.11. The molecule has 0 atom stereocenters. The molecule has 0 spiro atoms. The van der Waals surface area contributed by atoms with Crippen molar-refractivity contribution in [1.82, 2.24) is 0 Å². The van der Waals surface area contributed by atoms with Gasteiger partial charge < -0.3 is 18.3 Å². The van der Waals surface area contributed by atoms with Crippen molar-refractivity contribution in [3.05, 3.63) is 0 Å². The molecule has 7 heteroatoms. The minimum atomic E-state index is -0.00414. The second-order valence-corrected chi connectivity index (χ2v) is 1.93. The molecular formula is C4H10O4SiY2. The molecule has 0 rings (SSSR count). The van der Waals surface area contributed by atoms with Crippen LogP contribution in [-0.4, -0.2) is 37.8 Å². The Labute approximate surface area is 120 Å². The molecule has 0 amide bonds. The zero-order valence-corrected chi connectivity index (χ0v) is 13.4. The van der Waals surface area contributed by atoms with Crippen molar-refractivity contribution in [2.24, 2.45) is 0 Å². The van der Waals surface area contributed by atoms with Gasteiger partial charge in [-0.3, -0.25) is 0 Å². The summed E-state index contributed by atoms with van der Waals surface area (Å²) >= 11 is 0. The van der Waals surface area contributed by atoms with E-state index in [1.807, 2.05) is 0 Å². The molecule has 60 valence electrons. The molecule has 0 aliphatic heterocycles. The van der Waals surface area contributed by atoms with Crippen molar-refractivity contribution in [2.75, 3.05) is 27.8 Å². The van der Waals surface area contributed by atoms with Gasteiger partial charge in [0.15, 0.2) is 0 Å². The maximum absolute atomic E-state index is 4.79. The number of hydrogen-bond donors (Lipinski definition) is 0. The topological polar surface area (TPSA) is 36.9 Å². The minimum Gasteiger partial charge on any atom is -0.369 e. The van der Waals surface area contributed by atoms with E-state index in [0.717, 1.165) is 0 Å². The Bertz CT molecular complexity index is 53.4. The van der Waals surface area contributed by atoms with Crippen LogP contribution < -0.4 is 0 Å². The summed E-state index contributed by atoms with van der Waals surface area (Å²) in [5.74, 6) is 0. The molecule has 4 nitrogen and oxygen atoms in total. The average molecular weight is 328 g/mol. The van der Waals surface area contributed by atoms with Crippen LogP contribution in [0.4, 0.5) is 0 Å². The normalized spacial score (nSPS) is 8.18.